The van der Waals surface area contributed by atoms with Crippen LogP contribution in [-0.2, 0) is 10.0 Å². The Kier molecular flexibility index (Phi) is 12.0. The lowest BCUT2D eigenvalue weighted by molar-refractivity contribution is -0.384. The van der Waals surface area contributed by atoms with E-state index in [4.69, 9.17) is 0 Å². The van der Waals surface area contributed by atoms with E-state index in [0.717, 1.165) is 55.5 Å². The molecule has 10 nitrogen and oxygen atoms in total. The predicted octanol–water partition coefficient (Wildman–Crippen LogP) is 7.18. The fourth-order valence-corrected chi connectivity index (χ4v) is 8.82. The average molecular weight is 694 g/mol. The molecule has 1 saturated carbocycles. The van der Waals surface area contributed by atoms with Crippen LogP contribution < -0.4 is 14.9 Å². The normalized spacial score (nSPS) is 16.6. The molecular formula is C36H47N5O5S2. The molecule has 1 atom stereocenters. The molecule has 1 spiro atoms. The summed E-state index contributed by atoms with van der Waals surface area (Å²) in [6, 6.07) is 20.6. The summed E-state index contributed by atoms with van der Waals surface area (Å²) in [5, 5.41) is 15.5. The Bertz CT molecular complexity index is 1630. The van der Waals surface area contributed by atoms with E-state index < -0.39 is 20.9 Å². The number of nitrogens with one attached hydrogen (secondary N) is 2. The maximum atomic E-state index is 13.3. The first kappa shape index (κ1) is 35.7. The summed E-state index contributed by atoms with van der Waals surface area (Å²) in [7, 11) is -0.323. The van der Waals surface area contributed by atoms with Crippen LogP contribution in [0.1, 0.15) is 68.1 Å². The Morgan fingerprint density at radius 2 is 1.67 bits per heavy atom. The standard InChI is InChI=1S/C36H47N5O5S2/c1-39(2)23-9-6-10-29(27-47-31-11-4-3-5-12-31)37-33-18-17-32(26-34(33)41(43)44)48(45,46)38-35(42)28-13-15-30(16-14-28)40-24-21-36(22-25-40)19-7-8-20-36/h3-5,11-18,26,29,37H,6-10,19-25,27H2,1-2H3,(H,38,42)/t29-/m1/s1. The van der Waals surface area contributed by atoms with Crippen molar-refractivity contribution in [2.45, 2.75) is 73.6 Å². The summed E-state index contributed by atoms with van der Waals surface area (Å²) in [6.45, 7) is 2.90. The lowest BCUT2D eigenvalue weighted by Gasteiger charge is -2.40. The van der Waals surface area contributed by atoms with Gasteiger partial charge in [-0.05, 0) is 113 Å². The van der Waals surface area contributed by atoms with Crippen molar-refractivity contribution in [2.75, 3.05) is 49.7 Å². The number of carbonyl (C=O) groups is 1. The number of nitro benzene ring substituents is 1. The molecule has 258 valence electrons. The van der Waals surface area contributed by atoms with Crippen LogP contribution >= 0.6 is 11.8 Å². The van der Waals surface area contributed by atoms with Crippen molar-refractivity contribution in [3.8, 4) is 0 Å². The zero-order valence-corrected chi connectivity index (χ0v) is 29.5. The second-order valence-corrected chi connectivity index (χ2v) is 16.2. The van der Waals surface area contributed by atoms with Gasteiger partial charge in [0.05, 0.1) is 9.82 Å². The number of thioether (sulfide) groups is 1. The van der Waals surface area contributed by atoms with Gasteiger partial charge in [-0.1, -0.05) is 37.5 Å². The Labute approximate surface area is 288 Å². The number of hydrogen-bond acceptors (Lipinski definition) is 9. The minimum Gasteiger partial charge on any atom is -0.376 e. The van der Waals surface area contributed by atoms with E-state index >= 15 is 0 Å². The van der Waals surface area contributed by atoms with Crippen molar-refractivity contribution in [3.63, 3.8) is 0 Å². The average Bonchev–Trinajstić information content (AvgIpc) is 3.53. The SMILES string of the molecule is CN(C)CCCC[C@H](CSc1ccccc1)Nc1ccc(S(=O)(=O)NC(=O)c2ccc(N3CCC4(CCCC4)CC3)cc2)cc1[N+](=O)[O-]. The monoisotopic (exact) mass is 693 g/mol. The molecule has 48 heavy (non-hydrogen) atoms. The topological polar surface area (TPSA) is 125 Å². The molecule has 1 aliphatic heterocycles. The third-order valence-corrected chi connectivity index (χ3v) is 12.2. The van der Waals surface area contributed by atoms with E-state index in [1.165, 1.54) is 50.7 Å². The van der Waals surface area contributed by atoms with Gasteiger partial charge in [0.2, 0.25) is 0 Å². The maximum absolute atomic E-state index is 13.3. The van der Waals surface area contributed by atoms with Gasteiger partial charge in [-0.3, -0.25) is 14.9 Å². The second kappa shape index (κ2) is 16.2. The Hall–Kier alpha value is -3.61. The van der Waals surface area contributed by atoms with Crippen LogP contribution in [0.25, 0.3) is 0 Å². The smallest absolute Gasteiger partial charge is 0.293 e. The van der Waals surface area contributed by atoms with Gasteiger partial charge in [-0.2, -0.15) is 0 Å². The van der Waals surface area contributed by atoms with Crippen LogP contribution in [0.5, 0.6) is 0 Å². The first-order valence-corrected chi connectivity index (χ1v) is 19.3. The van der Waals surface area contributed by atoms with Gasteiger partial charge in [-0.15, -0.1) is 11.8 Å². The highest BCUT2D eigenvalue weighted by molar-refractivity contribution is 7.99. The molecule has 0 radical (unpaired) electrons. The number of nitrogens with zero attached hydrogens (tertiary/aromatic N) is 3. The van der Waals surface area contributed by atoms with E-state index in [0.29, 0.717) is 11.2 Å². The molecule has 12 heteroatoms. The molecule has 1 aliphatic carbocycles. The van der Waals surface area contributed by atoms with Crippen molar-refractivity contribution < 1.29 is 18.1 Å². The quantitative estimate of drug-likeness (QED) is 0.0737. The number of benzene rings is 3. The number of nitro groups is 1. The number of carbonyl (C=O) groups excluding carboxylic acids is 1. The van der Waals surface area contributed by atoms with Crippen molar-refractivity contribution in [3.05, 3.63) is 88.5 Å². The number of piperidine rings is 1. The Morgan fingerprint density at radius 1 is 0.979 bits per heavy atom. The van der Waals surface area contributed by atoms with Crippen molar-refractivity contribution in [2.24, 2.45) is 5.41 Å². The third-order valence-electron chi connectivity index (χ3n) is 9.65. The third kappa shape index (κ3) is 9.51. The number of rotatable bonds is 15. The van der Waals surface area contributed by atoms with Gasteiger partial charge in [0.25, 0.3) is 21.6 Å². The highest BCUT2D eigenvalue weighted by Crippen LogP contribution is 2.46. The van der Waals surface area contributed by atoms with Gasteiger partial charge >= 0.3 is 0 Å². The fourth-order valence-electron chi connectivity index (χ4n) is 6.83. The molecule has 0 bridgehead atoms. The van der Waals surface area contributed by atoms with Crippen molar-refractivity contribution >= 4 is 44.8 Å². The molecular weight excluding hydrogens is 647 g/mol. The van der Waals surface area contributed by atoms with E-state index in [1.54, 1.807) is 23.9 Å². The van der Waals surface area contributed by atoms with E-state index in [-0.39, 0.29) is 27.9 Å². The van der Waals surface area contributed by atoms with E-state index in [1.807, 2.05) is 56.6 Å². The largest absolute Gasteiger partial charge is 0.376 e. The summed E-state index contributed by atoms with van der Waals surface area (Å²) in [5.74, 6) is -0.109. The van der Waals surface area contributed by atoms with Gasteiger partial charge in [0.1, 0.15) is 5.69 Å². The molecule has 5 rings (SSSR count). The molecule has 2 aliphatic rings. The van der Waals surface area contributed by atoms with Crippen LogP contribution in [0, 0.1) is 15.5 Å². The first-order valence-electron chi connectivity index (χ1n) is 16.8. The van der Waals surface area contributed by atoms with Crippen LogP contribution in [0.15, 0.2) is 82.6 Å². The number of amides is 1. The lowest BCUT2D eigenvalue weighted by atomic mass is 9.77. The van der Waals surface area contributed by atoms with Crippen LogP contribution in [0.3, 0.4) is 0 Å². The zero-order chi connectivity index (χ0) is 34.1. The predicted molar refractivity (Wildman–Crippen MR) is 194 cm³/mol. The summed E-state index contributed by atoms with van der Waals surface area (Å²) in [6.07, 6.45) is 10.4. The lowest BCUT2D eigenvalue weighted by Crippen LogP contribution is -2.38. The van der Waals surface area contributed by atoms with Gasteiger partial charge < -0.3 is 15.1 Å². The summed E-state index contributed by atoms with van der Waals surface area (Å²) < 4.78 is 28.6. The highest BCUT2D eigenvalue weighted by atomic mass is 32.2. The van der Waals surface area contributed by atoms with E-state index in [2.05, 4.69) is 19.8 Å². The molecule has 3 aromatic rings. The molecule has 1 saturated heterocycles. The minimum atomic E-state index is -4.38. The van der Waals surface area contributed by atoms with Crippen molar-refractivity contribution in [1.82, 2.24) is 9.62 Å². The molecule has 1 heterocycles. The van der Waals surface area contributed by atoms with Gasteiger partial charge in [0.15, 0.2) is 0 Å². The Balaban J connectivity index is 1.24. The van der Waals surface area contributed by atoms with E-state index in [9.17, 15) is 23.3 Å². The summed E-state index contributed by atoms with van der Waals surface area (Å²) >= 11 is 1.66. The fraction of sp³-hybridized carbons (Fsp3) is 0.472. The molecule has 2 N–H and O–H groups in total. The van der Waals surface area contributed by atoms with Crippen molar-refractivity contribution in [1.29, 1.82) is 0 Å². The minimum absolute atomic E-state index is 0.0880. The second-order valence-electron chi connectivity index (χ2n) is 13.4. The molecule has 3 aromatic carbocycles. The number of unbranched alkanes of at least 4 members (excludes halogenated alkanes) is 1. The van der Waals surface area contributed by atoms with Gasteiger partial charge in [0, 0.05) is 47.1 Å². The van der Waals surface area contributed by atoms with Crippen LogP contribution in [0.2, 0.25) is 0 Å². The summed E-state index contributed by atoms with van der Waals surface area (Å²) in [5.41, 5.74) is 1.59. The van der Waals surface area contributed by atoms with Crippen LogP contribution in [-0.4, -0.2) is 69.7 Å². The Morgan fingerprint density at radius 3 is 2.31 bits per heavy atom. The number of anilines is 2. The molecule has 0 aromatic heterocycles. The molecule has 2 fully saturated rings. The molecule has 1 amide bonds. The van der Waals surface area contributed by atoms with Crippen LogP contribution in [0.4, 0.5) is 17.1 Å². The maximum Gasteiger partial charge on any atom is 0.293 e. The first-order chi connectivity index (χ1) is 23.0. The highest BCUT2D eigenvalue weighted by Gasteiger charge is 2.37. The zero-order valence-electron chi connectivity index (χ0n) is 27.9. The number of hydrogen-bond donors (Lipinski definition) is 2. The summed E-state index contributed by atoms with van der Waals surface area (Å²) in [4.78, 5) is 29.8. The van der Waals surface area contributed by atoms with Gasteiger partial charge in [-0.25, -0.2) is 13.1 Å². The number of sulfonamides is 1. The molecule has 0 unspecified atom stereocenters.